The summed E-state index contributed by atoms with van der Waals surface area (Å²) in [5, 5.41) is 20.5. The highest BCUT2D eigenvalue weighted by molar-refractivity contribution is 7.99. The molecule has 3 saturated heterocycles. The Hall–Kier alpha value is -4.92. The lowest BCUT2D eigenvalue weighted by atomic mass is 9.80. The van der Waals surface area contributed by atoms with E-state index in [-0.39, 0.29) is 49.6 Å². The molecule has 16 nitrogen and oxygen atoms in total. The number of hydrogen-bond acceptors (Lipinski definition) is 14. The van der Waals surface area contributed by atoms with Crippen molar-refractivity contribution in [3.8, 4) is 16.2 Å². The number of aliphatic hydroxyl groups excluding tert-OH is 1. The van der Waals surface area contributed by atoms with E-state index < -0.39 is 47.0 Å². The van der Waals surface area contributed by atoms with E-state index in [0.717, 1.165) is 84.4 Å². The monoisotopic (exact) mass is 1050 g/mol. The molecule has 2 aromatic heterocycles. The molecule has 2 aromatic carbocycles. The van der Waals surface area contributed by atoms with E-state index in [1.807, 2.05) is 43.3 Å². The molecule has 8 rings (SSSR count). The zero-order valence-electron chi connectivity index (χ0n) is 41.8. The van der Waals surface area contributed by atoms with Crippen LogP contribution in [-0.2, 0) is 25.7 Å². The minimum absolute atomic E-state index is 0.0220. The van der Waals surface area contributed by atoms with Gasteiger partial charge in [-0.1, -0.05) is 69.3 Å². The summed E-state index contributed by atoms with van der Waals surface area (Å²) in [4.78, 5) is 75.6. The predicted octanol–water partition coefficient (Wildman–Crippen LogP) is 7.01. The van der Waals surface area contributed by atoms with Crippen molar-refractivity contribution in [2.75, 3.05) is 62.6 Å². The fourth-order valence-electron chi connectivity index (χ4n) is 9.50. The highest BCUT2D eigenvalue weighted by Gasteiger charge is 2.53. The Kier molecular flexibility index (Phi) is 16.8. The van der Waals surface area contributed by atoms with E-state index in [9.17, 15) is 28.7 Å². The SMILES string of the molecule is Cc1ncsc1-c1ccc(CNC(=O)[C@@H]2C[C@@H](O)CN2C(=O)[C@@H](NC(=O)C2(F)CC2)C(C)(C)C)c(OCCCN2CCC(C(=O)Nc3cccc(Sc4cnc(N5CCC(C)(CN)CC5)cn4)c3Cl)CC2)c1. The topological polar surface area (TPSA) is 208 Å². The van der Waals surface area contributed by atoms with E-state index in [0.29, 0.717) is 47.5 Å². The smallest absolute Gasteiger partial charge is 0.258 e. The minimum atomic E-state index is -1.98. The van der Waals surface area contributed by atoms with Gasteiger partial charge in [-0.25, -0.2) is 19.3 Å². The molecule has 3 atom stereocenters. The maximum atomic E-state index is 14.7. The van der Waals surface area contributed by atoms with Crippen LogP contribution in [-0.4, -0.2) is 130 Å². The molecule has 1 saturated carbocycles. The van der Waals surface area contributed by atoms with E-state index >= 15 is 0 Å². The van der Waals surface area contributed by atoms with Crippen molar-refractivity contribution < 1.29 is 33.4 Å². The first-order chi connectivity index (χ1) is 34.3. The second-order valence-corrected chi connectivity index (χ2v) is 23.5. The summed E-state index contributed by atoms with van der Waals surface area (Å²) in [7, 11) is 0. The molecule has 388 valence electrons. The van der Waals surface area contributed by atoms with Crippen molar-refractivity contribution in [3.63, 3.8) is 0 Å². The van der Waals surface area contributed by atoms with Crippen molar-refractivity contribution in [2.45, 2.75) is 126 Å². The second-order valence-electron chi connectivity index (χ2n) is 21.2. The average Bonchev–Trinajstić information content (AvgIpc) is 3.77. The number of hydrogen-bond donors (Lipinski definition) is 5. The van der Waals surface area contributed by atoms with Crippen molar-refractivity contribution >= 4 is 69.8 Å². The highest BCUT2D eigenvalue weighted by Crippen LogP contribution is 2.41. The number of nitrogens with zero attached hydrogens (tertiary/aromatic N) is 6. The minimum Gasteiger partial charge on any atom is -0.493 e. The number of thiazole rings is 1. The quantitative estimate of drug-likeness (QED) is 0.0637. The summed E-state index contributed by atoms with van der Waals surface area (Å²) < 4.78 is 21.1. The summed E-state index contributed by atoms with van der Waals surface area (Å²) in [6.07, 6.45) is 7.02. The molecule has 4 amide bonds. The number of carbonyl (C=O) groups excluding carboxylic acids is 4. The first-order valence-electron chi connectivity index (χ1n) is 25.0. The van der Waals surface area contributed by atoms with Crippen LogP contribution in [0.25, 0.3) is 10.4 Å². The Morgan fingerprint density at radius 3 is 2.43 bits per heavy atom. The molecule has 4 fully saturated rings. The number of benzene rings is 2. The van der Waals surface area contributed by atoms with Crippen LogP contribution in [0.4, 0.5) is 15.9 Å². The van der Waals surface area contributed by atoms with Crippen LogP contribution in [0.15, 0.2) is 64.2 Å². The van der Waals surface area contributed by atoms with Gasteiger partial charge in [0.1, 0.15) is 28.7 Å². The maximum absolute atomic E-state index is 14.7. The van der Waals surface area contributed by atoms with Crippen LogP contribution in [0, 0.1) is 23.7 Å². The van der Waals surface area contributed by atoms with Crippen LogP contribution in [0.1, 0.15) is 90.3 Å². The Labute approximate surface area is 434 Å². The lowest BCUT2D eigenvalue weighted by molar-refractivity contribution is -0.145. The first-order valence-corrected chi connectivity index (χ1v) is 27.1. The van der Waals surface area contributed by atoms with Crippen LogP contribution < -0.4 is 31.3 Å². The van der Waals surface area contributed by atoms with Gasteiger partial charge in [-0.3, -0.25) is 19.2 Å². The summed E-state index contributed by atoms with van der Waals surface area (Å²) in [6, 6.07) is 9.34. The van der Waals surface area contributed by atoms with Gasteiger partial charge in [0.05, 0.1) is 51.9 Å². The van der Waals surface area contributed by atoms with Gasteiger partial charge in [0.15, 0.2) is 5.67 Å². The van der Waals surface area contributed by atoms with Gasteiger partial charge in [0.2, 0.25) is 17.7 Å². The van der Waals surface area contributed by atoms with Crippen LogP contribution in [0.3, 0.4) is 0 Å². The summed E-state index contributed by atoms with van der Waals surface area (Å²) in [6.45, 7) is 14.6. The molecule has 1 aliphatic carbocycles. The van der Waals surface area contributed by atoms with E-state index in [1.54, 1.807) is 38.7 Å². The van der Waals surface area contributed by atoms with Crippen molar-refractivity contribution in [1.29, 1.82) is 0 Å². The number of carbonyl (C=O) groups is 4. The largest absolute Gasteiger partial charge is 0.493 e. The molecular formula is C52H68ClFN10O6S2. The zero-order chi connectivity index (χ0) is 51.4. The number of halogens is 2. The van der Waals surface area contributed by atoms with E-state index in [4.69, 9.17) is 22.1 Å². The molecule has 72 heavy (non-hydrogen) atoms. The van der Waals surface area contributed by atoms with Crippen LogP contribution in [0.2, 0.25) is 5.02 Å². The number of aryl methyl sites for hydroxylation is 1. The first kappa shape index (κ1) is 53.4. The summed E-state index contributed by atoms with van der Waals surface area (Å²) in [5.74, 6) is -0.600. The lowest BCUT2D eigenvalue weighted by Crippen LogP contribution is -2.59. The normalized spacial score (nSPS) is 20.5. The molecule has 4 aromatic rings. The van der Waals surface area contributed by atoms with Gasteiger partial charge >= 0.3 is 0 Å². The molecule has 4 aliphatic rings. The number of nitrogens with one attached hydrogen (secondary N) is 3. The van der Waals surface area contributed by atoms with Gasteiger partial charge < -0.3 is 46.2 Å². The Balaban J connectivity index is 0.818. The molecule has 20 heteroatoms. The number of nitrogens with two attached hydrogens (primary N) is 1. The molecular weight excluding hydrogens is 979 g/mol. The van der Waals surface area contributed by atoms with Gasteiger partial charge in [-0.05, 0) is 106 Å². The molecule has 3 aliphatic heterocycles. The number of likely N-dealkylation sites (tertiary alicyclic amines) is 2. The van der Waals surface area contributed by atoms with Crippen molar-refractivity contribution in [3.05, 3.63) is 70.6 Å². The molecule has 5 heterocycles. The number of ether oxygens (including phenoxy) is 1. The zero-order valence-corrected chi connectivity index (χ0v) is 44.2. The predicted molar refractivity (Wildman–Crippen MR) is 279 cm³/mol. The number of amides is 4. The fourth-order valence-corrected chi connectivity index (χ4v) is 11.4. The summed E-state index contributed by atoms with van der Waals surface area (Å²) >= 11 is 9.80. The number of β-amino-alcohol motifs (C(OH)–C–C–N with tert-alkyl or cyclic N) is 1. The van der Waals surface area contributed by atoms with Gasteiger partial charge in [-0.15, -0.1) is 11.3 Å². The number of anilines is 2. The van der Waals surface area contributed by atoms with Crippen molar-refractivity contribution in [2.24, 2.45) is 22.5 Å². The van der Waals surface area contributed by atoms with E-state index in [2.05, 4.69) is 47.6 Å². The third-order valence-corrected chi connectivity index (χ3v) is 17.0. The standard InChI is InChI=1S/C52H68ClFN10O6S2/c1-32-44(71-31-59-32)34-10-11-35(26-58-47(67)38-25-36(65)29-64(38)48(68)45(50(2,3)4)61-49(69)52(54)14-15-52)39(24-34)70-23-7-18-62-19-12-33(13-20-62)46(66)60-37-8-6-9-40(43(37)53)72-42-28-56-41(27-57-42)63-21-16-51(5,30-55)17-22-63/h6,8-11,24,27-28,31,33,36,38,45,65H,7,12-23,25-26,29-30,55H2,1-5H3,(H,58,67)(H,60,66)(H,61,69)/t36-,38+,45-/m1/s1. The molecule has 0 radical (unpaired) electrons. The second kappa shape index (κ2) is 22.7. The third kappa shape index (κ3) is 12.9. The van der Waals surface area contributed by atoms with Gasteiger partial charge in [0, 0.05) is 55.5 Å². The molecule has 0 bridgehead atoms. The average molecular weight is 1050 g/mol. The number of aliphatic hydroxyl groups is 1. The molecule has 0 spiro atoms. The van der Waals surface area contributed by atoms with Crippen LogP contribution >= 0.6 is 34.7 Å². The lowest BCUT2D eigenvalue weighted by Gasteiger charge is -2.39. The Morgan fingerprint density at radius 1 is 1.03 bits per heavy atom. The third-order valence-electron chi connectivity index (χ3n) is 14.5. The Bertz CT molecular complexity index is 2580. The number of rotatable bonds is 18. The maximum Gasteiger partial charge on any atom is 0.258 e. The van der Waals surface area contributed by atoms with Crippen molar-refractivity contribution in [1.82, 2.24) is 35.4 Å². The molecule has 6 N–H and O–H groups in total. The number of piperidine rings is 2. The summed E-state index contributed by atoms with van der Waals surface area (Å²) in [5.41, 5.74) is 8.32. The highest BCUT2D eigenvalue weighted by atomic mass is 35.5. The Morgan fingerprint density at radius 2 is 1.78 bits per heavy atom. The number of aromatic nitrogens is 3. The fraction of sp³-hybridized carbons (Fsp3) is 0.558. The van der Waals surface area contributed by atoms with Crippen LogP contribution in [0.5, 0.6) is 5.75 Å². The molecule has 0 unspecified atom stereocenters. The number of alkyl halides is 1. The van der Waals surface area contributed by atoms with Gasteiger partial charge in [0.25, 0.3) is 5.91 Å². The van der Waals surface area contributed by atoms with E-state index in [1.165, 1.54) is 28.0 Å². The van der Waals surface area contributed by atoms with Gasteiger partial charge in [-0.2, -0.15) is 0 Å².